The fraction of sp³-hybridized carbons (Fsp3) is 0.333. The quantitative estimate of drug-likeness (QED) is 0.814. The van der Waals surface area contributed by atoms with Gasteiger partial charge in [-0.3, -0.25) is 0 Å². The average Bonchev–Trinajstić information content (AvgIpc) is 2.09. The predicted molar refractivity (Wildman–Crippen MR) is 56.6 cm³/mol. The molecule has 66 valence electrons. The molecule has 1 aromatic rings. The van der Waals surface area contributed by atoms with Gasteiger partial charge in [0, 0.05) is 17.3 Å². The van der Waals surface area contributed by atoms with Crippen LogP contribution in [0.25, 0.3) is 0 Å². The van der Waals surface area contributed by atoms with Crippen LogP contribution in [0.15, 0.2) is 18.2 Å². The molecule has 0 aliphatic heterocycles. The van der Waals surface area contributed by atoms with E-state index in [2.05, 4.69) is 6.26 Å². The zero-order chi connectivity index (χ0) is 8.97. The fourth-order valence-electron chi connectivity index (χ4n) is 0.990. The molecule has 1 nitrogen and oxygen atoms in total. The van der Waals surface area contributed by atoms with Gasteiger partial charge in [-0.15, -0.1) is 0 Å². The van der Waals surface area contributed by atoms with Gasteiger partial charge < -0.3 is 5.73 Å². The normalized spacial score (nSPS) is 10.2. The molecule has 0 radical (unpaired) electrons. The van der Waals surface area contributed by atoms with Gasteiger partial charge in [0.05, 0.1) is 0 Å². The monoisotopic (exact) mass is 201 g/mol. The van der Waals surface area contributed by atoms with E-state index in [1.807, 2.05) is 18.2 Å². The van der Waals surface area contributed by atoms with Crippen LogP contribution in [0.4, 0.5) is 0 Å². The number of rotatable bonds is 3. The minimum atomic E-state index is 0.555. The molecular formula is C9H12ClNS. The molecule has 0 atom stereocenters. The van der Waals surface area contributed by atoms with Gasteiger partial charge in [-0.2, -0.15) is 11.8 Å². The maximum atomic E-state index is 6.02. The van der Waals surface area contributed by atoms with Crippen molar-refractivity contribution < 1.29 is 0 Å². The van der Waals surface area contributed by atoms with Crippen LogP contribution in [-0.2, 0) is 12.3 Å². The van der Waals surface area contributed by atoms with Crippen LogP contribution >= 0.6 is 23.4 Å². The van der Waals surface area contributed by atoms with Gasteiger partial charge in [0.25, 0.3) is 0 Å². The third-order valence-corrected chi connectivity index (χ3v) is 2.60. The zero-order valence-corrected chi connectivity index (χ0v) is 8.58. The Morgan fingerprint density at radius 1 is 1.50 bits per heavy atom. The summed E-state index contributed by atoms with van der Waals surface area (Å²) in [4.78, 5) is 0. The Morgan fingerprint density at radius 2 is 2.25 bits per heavy atom. The van der Waals surface area contributed by atoms with Crippen molar-refractivity contribution in [3.63, 3.8) is 0 Å². The lowest BCUT2D eigenvalue weighted by atomic mass is 10.1. The van der Waals surface area contributed by atoms with E-state index in [4.69, 9.17) is 17.3 Å². The number of hydrogen-bond acceptors (Lipinski definition) is 2. The lowest BCUT2D eigenvalue weighted by molar-refractivity contribution is 1.07. The van der Waals surface area contributed by atoms with E-state index in [0.29, 0.717) is 6.54 Å². The molecule has 2 N–H and O–H groups in total. The Hall–Kier alpha value is -0.180. The average molecular weight is 202 g/mol. The number of nitrogens with two attached hydrogens (primary N) is 1. The topological polar surface area (TPSA) is 26.0 Å². The Bertz CT molecular complexity index is 263. The summed E-state index contributed by atoms with van der Waals surface area (Å²) in [6, 6.07) is 6.01. The zero-order valence-electron chi connectivity index (χ0n) is 7.01. The van der Waals surface area contributed by atoms with Crippen LogP contribution < -0.4 is 5.73 Å². The molecule has 1 aromatic carbocycles. The lowest BCUT2D eigenvalue weighted by Crippen LogP contribution is -1.96. The number of thioether (sulfide) groups is 1. The molecular weight excluding hydrogens is 190 g/mol. The fourth-order valence-corrected chi connectivity index (χ4v) is 1.90. The van der Waals surface area contributed by atoms with Gasteiger partial charge in [0.15, 0.2) is 0 Å². The Morgan fingerprint density at radius 3 is 2.75 bits per heavy atom. The van der Waals surface area contributed by atoms with Crippen molar-refractivity contribution in [2.24, 2.45) is 5.73 Å². The third kappa shape index (κ3) is 2.41. The molecule has 0 aromatic heterocycles. The predicted octanol–water partition coefficient (Wildman–Crippen LogP) is 2.66. The van der Waals surface area contributed by atoms with Crippen LogP contribution in [0.1, 0.15) is 11.1 Å². The summed E-state index contributed by atoms with van der Waals surface area (Å²) in [6.07, 6.45) is 2.06. The molecule has 1 rings (SSSR count). The summed E-state index contributed by atoms with van der Waals surface area (Å²) in [5, 5.41) is 0.826. The summed E-state index contributed by atoms with van der Waals surface area (Å²) in [6.45, 7) is 0.555. The summed E-state index contributed by atoms with van der Waals surface area (Å²) in [7, 11) is 0. The molecule has 3 heteroatoms. The van der Waals surface area contributed by atoms with E-state index in [0.717, 1.165) is 16.3 Å². The van der Waals surface area contributed by atoms with Crippen molar-refractivity contribution in [3.05, 3.63) is 34.3 Å². The van der Waals surface area contributed by atoms with Crippen molar-refractivity contribution in [2.75, 3.05) is 6.26 Å². The first kappa shape index (κ1) is 9.90. The third-order valence-electron chi connectivity index (χ3n) is 1.65. The van der Waals surface area contributed by atoms with E-state index in [1.165, 1.54) is 5.56 Å². The minimum absolute atomic E-state index is 0.555. The second kappa shape index (κ2) is 4.75. The van der Waals surface area contributed by atoms with Crippen LogP contribution in [0.5, 0.6) is 0 Å². The van der Waals surface area contributed by atoms with E-state index < -0.39 is 0 Å². The van der Waals surface area contributed by atoms with Crippen molar-refractivity contribution >= 4 is 23.4 Å². The van der Waals surface area contributed by atoms with Crippen LogP contribution in [0.3, 0.4) is 0 Å². The van der Waals surface area contributed by atoms with E-state index in [9.17, 15) is 0 Å². The summed E-state index contributed by atoms with van der Waals surface area (Å²) < 4.78 is 0. The SMILES string of the molecule is CSCc1ccc(CN)cc1Cl. The van der Waals surface area contributed by atoms with Gasteiger partial charge in [0.1, 0.15) is 0 Å². The van der Waals surface area contributed by atoms with Crippen LogP contribution in [0.2, 0.25) is 5.02 Å². The van der Waals surface area contributed by atoms with Crippen LogP contribution in [-0.4, -0.2) is 6.26 Å². The minimum Gasteiger partial charge on any atom is -0.326 e. The molecule has 0 aliphatic rings. The maximum absolute atomic E-state index is 6.02. The smallest absolute Gasteiger partial charge is 0.0449 e. The van der Waals surface area contributed by atoms with E-state index in [-0.39, 0.29) is 0 Å². The summed E-state index contributed by atoms with van der Waals surface area (Å²) in [5.74, 6) is 0.962. The summed E-state index contributed by atoms with van der Waals surface area (Å²) >= 11 is 7.78. The van der Waals surface area contributed by atoms with E-state index in [1.54, 1.807) is 11.8 Å². The van der Waals surface area contributed by atoms with Crippen LogP contribution in [0, 0.1) is 0 Å². The molecule has 0 bridgehead atoms. The van der Waals surface area contributed by atoms with Gasteiger partial charge in [-0.25, -0.2) is 0 Å². The van der Waals surface area contributed by atoms with Gasteiger partial charge >= 0.3 is 0 Å². The number of benzene rings is 1. The second-order valence-corrected chi connectivity index (χ2v) is 3.84. The Labute approximate surface area is 82.3 Å². The van der Waals surface area contributed by atoms with Crippen molar-refractivity contribution in [3.8, 4) is 0 Å². The largest absolute Gasteiger partial charge is 0.326 e. The molecule has 0 heterocycles. The molecule has 0 fully saturated rings. The maximum Gasteiger partial charge on any atom is 0.0449 e. The molecule has 0 unspecified atom stereocenters. The van der Waals surface area contributed by atoms with Crippen molar-refractivity contribution in [2.45, 2.75) is 12.3 Å². The Kier molecular flexibility index (Phi) is 3.92. The first-order chi connectivity index (χ1) is 5.77. The van der Waals surface area contributed by atoms with Crippen molar-refractivity contribution in [1.29, 1.82) is 0 Å². The molecule has 0 aliphatic carbocycles. The highest BCUT2D eigenvalue weighted by atomic mass is 35.5. The standard InChI is InChI=1S/C9H12ClNS/c1-12-6-8-3-2-7(5-11)4-9(8)10/h2-4H,5-6,11H2,1H3. The number of hydrogen-bond donors (Lipinski definition) is 1. The van der Waals surface area contributed by atoms with Gasteiger partial charge in [0.2, 0.25) is 0 Å². The molecule has 12 heavy (non-hydrogen) atoms. The lowest BCUT2D eigenvalue weighted by Gasteiger charge is -2.03. The Balaban J connectivity index is 2.87. The van der Waals surface area contributed by atoms with E-state index >= 15 is 0 Å². The molecule has 0 spiro atoms. The second-order valence-electron chi connectivity index (χ2n) is 2.56. The summed E-state index contributed by atoms with van der Waals surface area (Å²) in [5.41, 5.74) is 7.75. The highest BCUT2D eigenvalue weighted by molar-refractivity contribution is 7.97. The number of halogens is 1. The highest BCUT2D eigenvalue weighted by Crippen LogP contribution is 2.21. The van der Waals surface area contributed by atoms with Crippen molar-refractivity contribution in [1.82, 2.24) is 0 Å². The van der Waals surface area contributed by atoms with Gasteiger partial charge in [-0.05, 0) is 23.4 Å². The molecule has 0 amide bonds. The van der Waals surface area contributed by atoms with Gasteiger partial charge in [-0.1, -0.05) is 23.7 Å². The molecule has 0 saturated heterocycles. The molecule has 0 saturated carbocycles. The first-order valence-electron chi connectivity index (χ1n) is 3.74. The first-order valence-corrected chi connectivity index (χ1v) is 5.51. The highest BCUT2D eigenvalue weighted by Gasteiger charge is 1.99.